The van der Waals surface area contributed by atoms with Gasteiger partial charge in [0.05, 0.1) is 10.5 Å². The molecule has 0 bridgehead atoms. The van der Waals surface area contributed by atoms with Gasteiger partial charge in [-0.25, -0.2) is 0 Å². The summed E-state index contributed by atoms with van der Waals surface area (Å²) in [6, 6.07) is 5.23. The first-order valence-corrected chi connectivity index (χ1v) is 7.21. The normalized spacial score (nSPS) is 17.0. The van der Waals surface area contributed by atoms with Crippen LogP contribution in [0, 0.1) is 17.0 Å². The van der Waals surface area contributed by atoms with Crippen LogP contribution in [-0.2, 0) is 0 Å². The Morgan fingerprint density at radius 1 is 1.29 bits per heavy atom. The van der Waals surface area contributed by atoms with Crippen LogP contribution in [0.3, 0.4) is 0 Å². The molecular formula is C15H23N3O3. The van der Waals surface area contributed by atoms with E-state index in [9.17, 15) is 15.2 Å². The maximum Gasteiger partial charge on any atom is 0.292 e. The maximum atomic E-state index is 11.2. The molecule has 1 saturated heterocycles. The van der Waals surface area contributed by atoms with Gasteiger partial charge in [0.25, 0.3) is 5.69 Å². The van der Waals surface area contributed by atoms with Crippen LogP contribution in [-0.4, -0.2) is 53.3 Å². The number of hydrogen-bond donors (Lipinski definition) is 1. The van der Waals surface area contributed by atoms with Crippen molar-refractivity contribution in [2.45, 2.75) is 26.4 Å². The van der Waals surface area contributed by atoms with Crippen molar-refractivity contribution in [3.8, 4) is 0 Å². The van der Waals surface area contributed by atoms with Crippen molar-refractivity contribution in [2.24, 2.45) is 0 Å². The molecule has 6 heteroatoms. The predicted octanol–water partition coefficient (Wildman–Crippen LogP) is 1.80. The molecule has 6 nitrogen and oxygen atoms in total. The predicted molar refractivity (Wildman–Crippen MR) is 82.8 cm³/mol. The molecule has 1 heterocycles. The van der Waals surface area contributed by atoms with Crippen molar-refractivity contribution >= 4 is 11.4 Å². The van der Waals surface area contributed by atoms with Crippen LogP contribution in [0.5, 0.6) is 0 Å². The van der Waals surface area contributed by atoms with Gasteiger partial charge < -0.3 is 10.0 Å². The van der Waals surface area contributed by atoms with Crippen molar-refractivity contribution in [2.75, 3.05) is 37.6 Å². The molecule has 0 amide bonds. The topological polar surface area (TPSA) is 69.9 Å². The molecule has 1 fully saturated rings. The summed E-state index contributed by atoms with van der Waals surface area (Å²) >= 11 is 0. The Hall–Kier alpha value is -1.66. The highest BCUT2D eigenvalue weighted by Gasteiger charge is 2.26. The van der Waals surface area contributed by atoms with Crippen LogP contribution in [0.4, 0.5) is 11.4 Å². The minimum Gasteiger partial charge on any atom is -0.389 e. The average molecular weight is 293 g/mol. The van der Waals surface area contributed by atoms with Crippen LogP contribution >= 0.6 is 0 Å². The van der Waals surface area contributed by atoms with Crippen molar-refractivity contribution in [3.63, 3.8) is 0 Å². The highest BCUT2D eigenvalue weighted by atomic mass is 16.6. The molecule has 0 spiro atoms. The van der Waals surface area contributed by atoms with E-state index in [4.69, 9.17) is 0 Å². The Labute approximate surface area is 125 Å². The summed E-state index contributed by atoms with van der Waals surface area (Å²) in [6.07, 6.45) is 0. The van der Waals surface area contributed by atoms with Gasteiger partial charge in [-0.3, -0.25) is 15.0 Å². The summed E-state index contributed by atoms with van der Waals surface area (Å²) in [4.78, 5) is 15.1. The Balaban J connectivity index is 2.09. The summed E-state index contributed by atoms with van der Waals surface area (Å²) in [5.41, 5.74) is 1.17. The Morgan fingerprint density at radius 3 is 2.43 bits per heavy atom. The van der Waals surface area contributed by atoms with Crippen molar-refractivity contribution in [3.05, 3.63) is 33.9 Å². The monoisotopic (exact) mass is 293 g/mol. The number of β-amino-alcohol motifs (C(OH)–C–C–N with tert-alkyl or cyclic N) is 1. The van der Waals surface area contributed by atoms with E-state index in [2.05, 4.69) is 9.80 Å². The number of nitro groups is 1. The van der Waals surface area contributed by atoms with Gasteiger partial charge in [-0.05, 0) is 32.4 Å². The molecule has 1 aromatic rings. The molecule has 1 N–H and O–H groups in total. The fourth-order valence-electron chi connectivity index (χ4n) is 2.74. The van der Waals surface area contributed by atoms with E-state index in [0.29, 0.717) is 12.2 Å². The van der Waals surface area contributed by atoms with Gasteiger partial charge in [-0.1, -0.05) is 6.07 Å². The summed E-state index contributed by atoms with van der Waals surface area (Å²) in [5, 5.41) is 21.0. The third kappa shape index (κ3) is 4.15. The zero-order chi connectivity index (χ0) is 15.6. The second kappa shape index (κ2) is 5.99. The minimum atomic E-state index is -0.711. The molecule has 0 unspecified atom stereocenters. The van der Waals surface area contributed by atoms with Gasteiger partial charge in [-0.2, -0.15) is 0 Å². The van der Waals surface area contributed by atoms with Crippen molar-refractivity contribution in [1.29, 1.82) is 0 Å². The molecule has 0 aromatic heterocycles. The number of hydrogen-bond acceptors (Lipinski definition) is 5. The fraction of sp³-hybridized carbons (Fsp3) is 0.600. The highest BCUT2D eigenvalue weighted by molar-refractivity contribution is 5.64. The smallest absolute Gasteiger partial charge is 0.292 e. The lowest BCUT2D eigenvalue weighted by molar-refractivity contribution is -0.384. The Morgan fingerprint density at radius 2 is 1.90 bits per heavy atom. The van der Waals surface area contributed by atoms with Crippen molar-refractivity contribution < 1.29 is 10.0 Å². The van der Waals surface area contributed by atoms with E-state index in [-0.39, 0.29) is 10.6 Å². The zero-order valence-electron chi connectivity index (χ0n) is 12.9. The number of benzene rings is 1. The molecule has 1 aliphatic rings. The number of aryl methyl sites for hydroxylation is 1. The van der Waals surface area contributed by atoms with Crippen molar-refractivity contribution in [1.82, 2.24) is 4.90 Å². The van der Waals surface area contributed by atoms with E-state index >= 15 is 0 Å². The Bertz CT molecular complexity index is 517. The largest absolute Gasteiger partial charge is 0.389 e. The zero-order valence-corrected chi connectivity index (χ0v) is 12.9. The number of piperazine rings is 1. The standard InChI is InChI=1S/C15H23N3O3/c1-12-4-5-13(18(20)21)14(10-12)17-8-6-16(7-9-17)11-15(2,3)19/h4-5,10,19H,6-9,11H2,1-3H3. The Kier molecular flexibility index (Phi) is 4.49. The lowest BCUT2D eigenvalue weighted by Gasteiger charge is -2.38. The summed E-state index contributed by atoms with van der Waals surface area (Å²) < 4.78 is 0. The number of rotatable bonds is 4. The SMILES string of the molecule is Cc1ccc([N+](=O)[O-])c(N2CCN(CC(C)(C)O)CC2)c1. The molecule has 0 aliphatic carbocycles. The fourth-order valence-corrected chi connectivity index (χ4v) is 2.74. The van der Waals surface area contributed by atoms with Gasteiger partial charge in [0.15, 0.2) is 0 Å². The van der Waals surface area contributed by atoms with Crippen LogP contribution in [0.1, 0.15) is 19.4 Å². The third-order valence-electron chi connectivity index (χ3n) is 3.65. The molecule has 0 radical (unpaired) electrons. The molecule has 0 saturated carbocycles. The maximum absolute atomic E-state index is 11.2. The molecule has 0 atom stereocenters. The van der Waals surface area contributed by atoms with E-state index in [0.717, 1.165) is 31.7 Å². The number of nitrogens with zero attached hydrogens (tertiary/aromatic N) is 3. The van der Waals surface area contributed by atoms with E-state index in [1.54, 1.807) is 26.0 Å². The number of aliphatic hydroxyl groups is 1. The summed E-state index contributed by atoms with van der Waals surface area (Å²) in [5.74, 6) is 0. The van der Waals surface area contributed by atoms with Gasteiger partial charge in [-0.15, -0.1) is 0 Å². The quantitative estimate of drug-likeness (QED) is 0.677. The lowest BCUT2D eigenvalue weighted by atomic mass is 10.1. The van der Waals surface area contributed by atoms with E-state index in [1.165, 1.54) is 0 Å². The van der Waals surface area contributed by atoms with Crippen LogP contribution in [0.15, 0.2) is 18.2 Å². The van der Waals surface area contributed by atoms with Crippen LogP contribution in [0.2, 0.25) is 0 Å². The first-order valence-electron chi connectivity index (χ1n) is 7.21. The van der Waals surface area contributed by atoms with Crippen LogP contribution in [0.25, 0.3) is 0 Å². The molecule has 116 valence electrons. The molecular weight excluding hydrogens is 270 g/mol. The molecule has 21 heavy (non-hydrogen) atoms. The molecule has 2 rings (SSSR count). The summed E-state index contributed by atoms with van der Waals surface area (Å²) in [7, 11) is 0. The lowest BCUT2D eigenvalue weighted by Crippen LogP contribution is -2.50. The minimum absolute atomic E-state index is 0.163. The van der Waals surface area contributed by atoms with E-state index in [1.807, 2.05) is 13.0 Å². The first kappa shape index (κ1) is 15.7. The summed E-state index contributed by atoms with van der Waals surface area (Å²) in [6.45, 7) is 9.23. The second-order valence-corrected chi connectivity index (χ2v) is 6.32. The second-order valence-electron chi connectivity index (χ2n) is 6.32. The third-order valence-corrected chi connectivity index (χ3v) is 3.65. The number of nitro benzene ring substituents is 1. The average Bonchev–Trinajstić information content (AvgIpc) is 2.37. The first-order chi connectivity index (χ1) is 9.76. The number of anilines is 1. The molecule has 1 aromatic carbocycles. The van der Waals surface area contributed by atoms with Gasteiger partial charge >= 0.3 is 0 Å². The van der Waals surface area contributed by atoms with E-state index < -0.39 is 5.60 Å². The van der Waals surface area contributed by atoms with Gasteiger partial charge in [0, 0.05) is 38.8 Å². The van der Waals surface area contributed by atoms with Gasteiger partial charge in [0.1, 0.15) is 5.69 Å². The highest BCUT2D eigenvalue weighted by Crippen LogP contribution is 2.30. The molecule has 1 aliphatic heterocycles. The van der Waals surface area contributed by atoms with Gasteiger partial charge in [0.2, 0.25) is 0 Å². The van der Waals surface area contributed by atoms with Crippen LogP contribution < -0.4 is 4.90 Å².